The number of Topliss-reactive ketones (excluding diaryl/α,β-unsaturated/α-hetero) is 1. The van der Waals surface area contributed by atoms with E-state index in [1.54, 1.807) is 0 Å². The second kappa shape index (κ2) is 15.8. The lowest BCUT2D eigenvalue weighted by molar-refractivity contribution is 0.0964. The number of carbonyl (C=O) groups is 1. The van der Waals surface area contributed by atoms with Crippen molar-refractivity contribution < 1.29 is 22.7 Å². The molecular weight excluding hydrogens is 621 g/mol. The zero-order valence-electron chi connectivity index (χ0n) is 28.9. The zero-order valence-corrected chi connectivity index (χ0v) is 28.9. The molecule has 2 fully saturated rings. The third-order valence-electron chi connectivity index (χ3n) is 11.0. The maximum atomic E-state index is 15.2. The summed E-state index contributed by atoms with van der Waals surface area (Å²) in [5.74, 6) is -0.387. The van der Waals surface area contributed by atoms with Crippen molar-refractivity contribution in [2.75, 3.05) is 5.32 Å². The van der Waals surface area contributed by atoms with E-state index in [2.05, 4.69) is 23.8 Å². The first-order valence-corrected chi connectivity index (χ1v) is 18.3. The van der Waals surface area contributed by atoms with Crippen LogP contribution >= 0.6 is 0 Å². The number of carbonyl (C=O) groups excluding carboxylic acids is 1. The van der Waals surface area contributed by atoms with Gasteiger partial charge in [-0.05, 0) is 90.6 Å². The Kier molecular flexibility index (Phi) is 11.3. The molecule has 2 aromatic rings. The Hall–Kier alpha value is -3.87. The maximum absolute atomic E-state index is 15.2. The number of ketones is 1. The van der Waals surface area contributed by atoms with E-state index >= 15 is 4.39 Å². The Morgan fingerprint density at radius 1 is 1.00 bits per heavy atom. The number of nitrogens with zero attached hydrogens (tertiary/aromatic N) is 1. The summed E-state index contributed by atoms with van der Waals surface area (Å²) in [6.45, 7) is 6.92. The second-order valence-electron chi connectivity index (χ2n) is 14.5. The van der Waals surface area contributed by atoms with Gasteiger partial charge in [0.15, 0.2) is 17.3 Å². The van der Waals surface area contributed by atoms with Gasteiger partial charge in [-0.3, -0.25) is 9.79 Å². The molecule has 4 nitrogen and oxygen atoms in total. The molecule has 0 saturated heterocycles. The third-order valence-corrected chi connectivity index (χ3v) is 11.0. The Bertz CT molecular complexity index is 1680. The summed E-state index contributed by atoms with van der Waals surface area (Å²) >= 11 is 0. The van der Waals surface area contributed by atoms with E-state index in [9.17, 15) is 13.6 Å². The van der Waals surface area contributed by atoms with Gasteiger partial charge in [-0.2, -0.15) is 8.78 Å². The van der Waals surface area contributed by atoms with E-state index in [-0.39, 0.29) is 16.9 Å². The molecule has 2 unspecified atom stereocenters. The van der Waals surface area contributed by atoms with E-state index in [1.807, 2.05) is 36.4 Å². The molecule has 2 aromatic carbocycles. The van der Waals surface area contributed by atoms with E-state index in [1.165, 1.54) is 83.0 Å². The van der Waals surface area contributed by atoms with Gasteiger partial charge in [0.1, 0.15) is 0 Å². The molecule has 2 atom stereocenters. The predicted molar refractivity (Wildman–Crippen MR) is 192 cm³/mol. The Balaban J connectivity index is 1.02. The highest BCUT2D eigenvalue weighted by Crippen LogP contribution is 2.40. The summed E-state index contributed by atoms with van der Waals surface area (Å²) in [7, 11) is 0. The van der Waals surface area contributed by atoms with Crippen LogP contribution in [0.15, 0.2) is 77.6 Å². The number of halogens is 3. The summed E-state index contributed by atoms with van der Waals surface area (Å²) in [6, 6.07) is 8.47. The summed E-state index contributed by atoms with van der Waals surface area (Å²) < 4.78 is 49.0. The fourth-order valence-corrected chi connectivity index (χ4v) is 7.77. The average Bonchev–Trinajstić information content (AvgIpc) is 3.51. The summed E-state index contributed by atoms with van der Waals surface area (Å²) in [6.07, 6.45) is 21.2. The molecule has 4 aliphatic rings. The lowest BCUT2D eigenvalue weighted by Crippen LogP contribution is -2.21. The molecule has 0 aromatic heterocycles. The highest BCUT2D eigenvalue weighted by molar-refractivity contribution is 6.14. The molecule has 1 aliphatic heterocycles. The molecular formula is C42H49F3N2O2. The number of anilines is 1. The number of hydrogen-bond donors (Lipinski definition) is 1. The van der Waals surface area contributed by atoms with Gasteiger partial charge in [-0.25, -0.2) is 4.39 Å². The molecule has 260 valence electrons. The van der Waals surface area contributed by atoms with Crippen LogP contribution in [0, 0.1) is 35.3 Å². The van der Waals surface area contributed by atoms with Gasteiger partial charge in [0.05, 0.1) is 11.4 Å². The predicted octanol–water partition coefficient (Wildman–Crippen LogP) is 11.5. The number of aliphatic imine (C=N–C) groups is 1. The molecule has 0 amide bonds. The molecule has 0 bridgehead atoms. The number of hydrogen-bond acceptors (Lipinski definition) is 4. The lowest BCUT2D eigenvalue weighted by Gasteiger charge is -2.31. The van der Waals surface area contributed by atoms with Gasteiger partial charge in [-0.1, -0.05) is 89.9 Å². The Morgan fingerprint density at radius 2 is 1.71 bits per heavy atom. The first-order valence-electron chi connectivity index (χ1n) is 18.3. The number of rotatable bonds is 15. The van der Waals surface area contributed by atoms with E-state index in [0.717, 1.165) is 59.5 Å². The minimum Gasteiger partial charge on any atom is -0.453 e. The van der Waals surface area contributed by atoms with Gasteiger partial charge in [0, 0.05) is 35.4 Å². The molecule has 0 radical (unpaired) electrons. The van der Waals surface area contributed by atoms with Crippen molar-refractivity contribution in [3.8, 4) is 5.75 Å². The Morgan fingerprint density at radius 3 is 2.39 bits per heavy atom. The highest BCUT2D eigenvalue weighted by Gasteiger charge is 2.32. The highest BCUT2D eigenvalue weighted by atomic mass is 19.2. The first-order chi connectivity index (χ1) is 23.7. The number of benzene rings is 2. The van der Waals surface area contributed by atoms with Crippen molar-refractivity contribution in [2.24, 2.45) is 28.7 Å². The normalized spacial score (nSPS) is 22.4. The summed E-state index contributed by atoms with van der Waals surface area (Å²) in [4.78, 5) is 17.9. The maximum Gasteiger partial charge on any atom is 0.259 e. The largest absolute Gasteiger partial charge is 0.453 e. The van der Waals surface area contributed by atoms with Crippen LogP contribution in [0.5, 0.6) is 5.75 Å². The van der Waals surface area contributed by atoms with Gasteiger partial charge in [0.2, 0.25) is 5.82 Å². The van der Waals surface area contributed by atoms with Crippen LogP contribution in [-0.4, -0.2) is 17.9 Å². The summed E-state index contributed by atoms with van der Waals surface area (Å²) in [5, 5.41) is 3.44. The molecule has 1 N–H and O–H groups in total. The second-order valence-corrected chi connectivity index (χ2v) is 14.5. The van der Waals surface area contributed by atoms with Crippen LogP contribution in [0.4, 0.5) is 18.9 Å². The van der Waals surface area contributed by atoms with Gasteiger partial charge >= 0.3 is 0 Å². The smallest absolute Gasteiger partial charge is 0.259 e. The summed E-state index contributed by atoms with van der Waals surface area (Å²) in [5.41, 5.74) is 4.61. The van der Waals surface area contributed by atoms with Crippen LogP contribution < -0.4 is 10.1 Å². The van der Waals surface area contributed by atoms with E-state index in [4.69, 9.17) is 4.74 Å². The van der Waals surface area contributed by atoms with Crippen molar-refractivity contribution in [1.82, 2.24) is 0 Å². The van der Waals surface area contributed by atoms with Crippen LogP contribution in [0.25, 0.3) is 5.57 Å². The molecule has 2 saturated carbocycles. The minimum atomic E-state index is -1.94. The Labute approximate surface area is 289 Å². The zero-order chi connectivity index (χ0) is 34.5. The van der Waals surface area contributed by atoms with E-state index in [0.29, 0.717) is 17.7 Å². The number of nitrogens with one attached hydrogen (secondary N) is 1. The first kappa shape index (κ1) is 35.0. The molecule has 0 spiro atoms. The quantitative estimate of drug-likeness (QED) is 0.152. The third kappa shape index (κ3) is 8.13. The molecule has 49 heavy (non-hydrogen) atoms. The van der Waals surface area contributed by atoms with Crippen molar-refractivity contribution >= 4 is 22.8 Å². The van der Waals surface area contributed by atoms with Gasteiger partial charge in [0.25, 0.3) is 6.36 Å². The minimum absolute atomic E-state index is 0.0354. The fraction of sp³-hybridized carbons (Fsp3) is 0.476. The number of ether oxygens (including phenoxy) is 1. The lowest BCUT2D eigenvalue weighted by atomic mass is 9.75. The van der Waals surface area contributed by atoms with Crippen molar-refractivity contribution in [1.29, 1.82) is 0 Å². The van der Waals surface area contributed by atoms with Crippen LogP contribution in [0.1, 0.15) is 112 Å². The van der Waals surface area contributed by atoms with Crippen molar-refractivity contribution in [2.45, 2.75) is 104 Å². The standard InChI is InChI=1S/C42H49F3N2O2/c1-4-30-24-31(20-21-32(30)37(48)13-6-10-28-15-18-29(19-16-28)17-14-27-8-5-9-27)47-36-12-7-11-34-35(25-46-41(34)36)33-22-23-38(40(44)39(33)43)49-42(45)26(2)3/h7,11-12,20-25,27-29,34,42,47H,2,4-6,8-10,13-19H2,1,3H3. The molecule has 6 rings (SSSR count). The van der Waals surface area contributed by atoms with Crippen LogP contribution in [0.3, 0.4) is 0 Å². The SMILES string of the molecule is C=C(C)C(F)Oc1ccc(C2=CN=C3C(Nc4ccc(C(=O)CCCC5CCC(CCC6CCC6)CC5)c(CC)c4)=CC=CC23)c(F)c1F. The van der Waals surface area contributed by atoms with Gasteiger partial charge < -0.3 is 10.1 Å². The number of allylic oxidation sites excluding steroid dienone is 5. The number of aryl methyl sites for hydroxylation is 1. The average molecular weight is 671 g/mol. The van der Waals surface area contributed by atoms with Crippen molar-refractivity contribution in [3.05, 3.63) is 101 Å². The van der Waals surface area contributed by atoms with Crippen LogP contribution in [0.2, 0.25) is 0 Å². The number of alkyl halides is 1. The fourth-order valence-electron chi connectivity index (χ4n) is 7.77. The molecule has 7 heteroatoms. The molecule has 1 heterocycles. The van der Waals surface area contributed by atoms with Crippen molar-refractivity contribution in [3.63, 3.8) is 0 Å². The monoisotopic (exact) mass is 670 g/mol. The number of fused-ring (bicyclic) bond motifs is 1. The van der Waals surface area contributed by atoms with Gasteiger partial charge in [-0.15, -0.1) is 0 Å². The topological polar surface area (TPSA) is 50.7 Å². The van der Waals surface area contributed by atoms with E-state index < -0.39 is 29.7 Å². The van der Waals surface area contributed by atoms with Crippen LogP contribution in [-0.2, 0) is 6.42 Å². The molecule has 3 aliphatic carbocycles.